The minimum Gasteiger partial charge on any atom is -0.466 e. The van der Waals surface area contributed by atoms with Gasteiger partial charge in [-0.05, 0) is 26.7 Å². The largest absolute Gasteiger partial charge is 0.466 e. The van der Waals surface area contributed by atoms with Gasteiger partial charge < -0.3 is 14.8 Å². The van der Waals surface area contributed by atoms with E-state index < -0.39 is 5.54 Å². The van der Waals surface area contributed by atoms with Gasteiger partial charge in [0, 0.05) is 6.54 Å². The average molecular weight is 271 g/mol. The molecule has 0 aromatic carbocycles. The van der Waals surface area contributed by atoms with Gasteiger partial charge in [-0.2, -0.15) is 0 Å². The van der Waals surface area contributed by atoms with Crippen molar-refractivity contribution in [3.8, 4) is 0 Å². The fourth-order valence-corrected chi connectivity index (χ4v) is 2.51. The Morgan fingerprint density at radius 3 is 2.26 bits per heavy atom. The number of carbonyl (C=O) groups is 2. The molecule has 19 heavy (non-hydrogen) atoms. The number of ether oxygens (including phenoxy) is 2. The predicted molar refractivity (Wildman–Crippen MR) is 71.7 cm³/mol. The highest BCUT2D eigenvalue weighted by Crippen LogP contribution is 2.29. The zero-order valence-corrected chi connectivity index (χ0v) is 12.0. The van der Waals surface area contributed by atoms with Gasteiger partial charge in [-0.15, -0.1) is 0 Å². The van der Waals surface area contributed by atoms with E-state index in [0.717, 1.165) is 32.1 Å². The Kier molecular flexibility index (Phi) is 6.84. The van der Waals surface area contributed by atoms with Crippen molar-refractivity contribution in [3.63, 3.8) is 0 Å². The van der Waals surface area contributed by atoms with Crippen molar-refractivity contribution in [3.05, 3.63) is 0 Å². The lowest BCUT2D eigenvalue weighted by Gasteiger charge is -2.35. The first-order valence-corrected chi connectivity index (χ1v) is 7.22. The van der Waals surface area contributed by atoms with E-state index in [2.05, 4.69) is 5.32 Å². The second-order valence-electron chi connectivity index (χ2n) is 4.85. The highest BCUT2D eigenvalue weighted by molar-refractivity contribution is 5.81. The molecule has 1 fully saturated rings. The van der Waals surface area contributed by atoms with E-state index in [1.165, 1.54) is 0 Å². The molecule has 1 rings (SSSR count). The Hall–Kier alpha value is -1.10. The smallest absolute Gasteiger partial charge is 0.326 e. The molecule has 0 saturated heterocycles. The Morgan fingerprint density at radius 2 is 1.68 bits per heavy atom. The Morgan fingerprint density at radius 1 is 1.05 bits per heavy atom. The van der Waals surface area contributed by atoms with Gasteiger partial charge in [0.2, 0.25) is 0 Å². The van der Waals surface area contributed by atoms with Crippen molar-refractivity contribution in [1.29, 1.82) is 0 Å². The zero-order valence-electron chi connectivity index (χ0n) is 12.0. The summed E-state index contributed by atoms with van der Waals surface area (Å²) < 4.78 is 10.0. The summed E-state index contributed by atoms with van der Waals surface area (Å²) in [6, 6.07) is 0. The topological polar surface area (TPSA) is 64.6 Å². The Bertz CT molecular complexity index is 298. The summed E-state index contributed by atoms with van der Waals surface area (Å²) in [7, 11) is 0. The number of esters is 2. The maximum absolute atomic E-state index is 12.1. The first-order chi connectivity index (χ1) is 9.14. The van der Waals surface area contributed by atoms with Crippen LogP contribution in [0.3, 0.4) is 0 Å². The van der Waals surface area contributed by atoms with Crippen LogP contribution < -0.4 is 5.32 Å². The molecule has 1 saturated carbocycles. The van der Waals surface area contributed by atoms with Crippen LogP contribution >= 0.6 is 0 Å². The molecule has 0 amide bonds. The quantitative estimate of drug-likeness (QED) is 0.715. The molecule has 0 aromatic rings. The molecule has 5 heteroatoms. The monoisotopic (exact) mass is 271 g/mol. The molecular formula is C14H25NO4. The van der Waals surface area contributed by atoms with Crippen molar-refractivity contribution in [2.45, 2.75) is 57.9 Å². The summed E-state index contributed by atoms with van der Waals surface area (Å²) >= 11 is 0. The SMILES string of the molecule is CCOC(=O)CCNC1(C(=O)OCC)CCCCC1. The molecule has 5 nitrogen and oxygen atoms in total. The molecule has 0 heterocycles. The normalized spacial score (nSPS) is 17.8. The van der Waals surface area contributed by atoms with Crippen LogP contribution in [0.2, 0.25) is 0 Å². The maximum Gasteiger partial charge on any atom is 0.326 e. The third-order valence-electron chi connectivity index (χ3n) is 3.47. The average Bonchev–Trinajstić information content (AvgIpc) is 2.40. The molecule has 0 radical (unpaired) electrons. The van der Waals surface area contributed by atoms with E-state index in [1.54, 1.807) is 6.92 Å². The third-order valence-corrected chi connectivity index (χ3v) is 3.47. The van der Waals surface area contributed by atoms with E-state index in [4.69, 9.17) is 9.47 Å². The van der Waals surface area contributed by atoms with Gasteiger partial charge in [0.1, 0.15) is 5.54 Å². The van der Waals surface area contributed by atoms with Gasteiger partial charge in [0.25, 0.3) is 0 Å². The van der Waals surface area contributed by atoms with Crippen molar-refractivity contribution in [2.24, 2.45) is 0 Å². The van der Waals surface area contributed by atoms with E-state index in [-0.39, 0.29) is 18.4 Å². The molecule has 0 spiro atoms. The Balaban J connectivity index is 2.50. The second-order valence-corrected chi connectivity index (χ2v) is 4.85. The standard InChI is InChI=1S/C14H25NO4/c1-3-18-12(16)8-11-15-14(13(17)19-4-2)9-6-5-7-10-14/h15H,3-11H2,1-2H3. The minimum atomic E-state index is -0.596. The minimum absolute atomic E-state index is 0.182. The molecule has 1 aliphatic rings. The van der Waals surface area contributed by atoms with Crippen LogP contribution in [0.25, 0.3) is 0 Å². The zero-order chi connectivity index (χ0) is 14.1. The fraction of sp³-hybridized carbons (Fsp3) is 0.857. The highest BCUT2D eigenvalue weighted by Gasteiger charge is 2.40. The second kappa shape index (κ2) is 8.15. The molecule has 0 atom stereocenters. The fourth-order valence-electron chi connectivity index (χ4n) is 2.51. The molecule has 0 unspecified atom stereocenters. The lowest BCUT2D eigenvalue weighted by atomic mass is 9.81. The highest BCUT2D eigenvalue weighted by atomic mass is 16.5. The Labute approximate surface area is 115 Å². The van der Waals surface area contributed by atoms with Crippen LogP contribution in [0.4, 0.5) is 0 Å². The van der Waals surface area contributed by atoms with Crippen LogP contribution in [-0.4, -0.2) is 37.2 Å². The number of carbonyl (C=O) groups excluding carboxylic acids is 2. The summed E-state index contributed by atoms with van der Waals surface area (Å²) in [5.74, 6) is -0.414. The van der Waals surface area contributed by atoms with Crippen molar-refractivity contribution in [2.75, 3.05) is 19.8 Å². The van der Waals surface area contributed by atoms with E-state index in [0.29, 0.717) is 19.8 Å². The number of hydrogen-bond acceptors (Lipinski definition) is 5. The first-order valence-electron chi connectivity index (χ1n) is 7.22. The van der Waals surface area contributed by atoms with Gasteiger partial charge in [-0.3, -0.25) is 9.59 Å². The molecule has 1 N–H and O–H groups in total. The molecule has 1 aliphatic carbocycles. The molecule has 0 aliphatic heterocycles. The summed E-state index contributed by atoms with van der Waals surface area (Å²) in [6.45, 7) is 4.83. The number of hydrogen-bond donors (Lipinski definition) is 1. The molecular weight excluding hydrogens is 246 g/mol. The summed E-state index contributed by atoms with van der Waals surface area (Å²) in [5, 5.41) is 3.23. The van der Waals surface area contributed by atoms with Crippen LogP contribution in [-0.2, 0) is 19.1 Å². The van der Waals surface area contributed by atoms with E-state index in [1.807, 2.05) is 6.92 Å². The predicted octanol–water partition coefficient (Wildman–Crippen LogP) is 1.80. The van der Waals surface area contributed by atoms with Crippen molar-refractivity contribution in [1.82, 2.24) is 5.32 Å². The van der Waals surface area contributed by atoms with Gasteiger partial charge in [-0.1, -0.05) is 19.3 Å². The molecule has 110 valence electrons. The number of rotatable bonds is 7. The first kappa shape index (κ1) is 16.0. The number of nitrogens with one attached hydrogen (secondary N) is 1. The molecule has 0 bridgehead atoms. The van der Waals surface area contributed by atoms with Gasteiger partial charge in [0.05, 0.1) is 19.6 Å². The van der Waals surface area contributed by atoms with Crippen molar-refractivity contribution < 1.29 is 19.1 Å². The maximum atomic E-state index is 12.1. The lowest BCUT2D eigenvalue weighted by Crippen LogP contribution is -2.54. The van der Waals surface area contributed by atoms with E-state index >= 15 is 0 Å². The van der Waals surface area contributed by atoms with Gasteiger partial charge in [0.15, 0.2) is 0 Å². The van der Waals surface area contributed by atoms with Crippen LogP contribution in [0.1, 0.15) is 52.4 Å². The van der Waals surface area contributed by atoms with Crippen LogP contribution in [0.15, 0.2) is 0 Å². The van der Waals surface area contributed by atoms with E-state index in [9.17, 15) is 9.59 Å². The summed E-state index contributed by atoms with van der Waals surface area (Å²) in [6.07, 6.45) is 5.05. The van der Waals surface area contributed by atoms with Crippen LogP contribution in [0.5, 0.6) is 0 Å². The van der Waals surface area contributed by atoms with Gasteiger partial charge in [-0.25, -0.2) is 0 Å². The lowest BCUT2D eigenvalue weighted by molar-refractivity contribution is -0.153. The summed E-state index contributed by atoms with van der Waals surface area (Å²) in [4.78, 5) is 23.4. The van der Waals surface area contributed by atoms with Crippen molar-refractivity contribution >= 4 is 11.9 Å². The van der Waals surface area contributed by atoms with Crippen LogP contribution in [0, 0.1) is 0 Å². The summed E-state index contributed by atoms with van der Waals surface area (Å²) in [5.41, 5.74) is -0.596. The molecule has 0 aromatic heterocycles. The van der Waals surface area contributed by atoms with Gasteiger partial charge >= 0.3 is 11.9 Å². The third kappa shape index (κ3) is 4.82.